The highest BCUT2D eigenvalue weighted by atomic mass is 35.6. The van der Waals surface area contributed by atoms with Crippen molar-refractivity contribution < 1.29 is 13.2 Å². The summed E-state index contributed by atoms with van der Waals surface area (Å²) < 4.78 is 21.4. The van der Waals surface area contributed by atoms with Gasteiger partial charge in [0, 0.05) is 19.0 Å². The molecule has 0 spiro atoms. The monoisotopic (exact) mass is 420 g/mol. The third-order valence-electron chi connectivity index (χ3n) is 3.10. The van der Waals surface area contributed by atoms with Crippen molar-refractivity contribution in [3.05, 3.63) is 23.3 Å². The molecular weight excluding hydrogens is 406 g/mol. The first kappa shape index (κ1) is 20.6. The topological polar surface area (TPSA) is 66.5 Å². The van der Waals surface area contributed by atoms with E-state index in [4.69, 9.17) is 46.4 Å². The van der Waals surface area contributed by atoms with Gasteiger partial charge >= 0.3 is 6.03 Å². The smallest absolute Gasteiger partial charge is 0.307 e. The highest BCUT2D eigenvalue weighted by Gasteiger charge is 2.36. The number of anilines is 1. The molecular formula is C13H16Cl4N2O3S. The Bertz CT molecular complexity index is 693. The zero-order chi connectivity index (χ0) is 18.2. The van der Waals surface area contributed by atoms with Gasteiger partial charge in [0.05, 0.1) is 4.90 Å². The molecule has 1 aromatic carbocycles. The molecule has 0 radical (unpaired) electrons. The predicted molar refractivity (Wildman–Crippen MR) is 95.7 cm³/mol. The second-order valence-corrected chi connectivity index (χ2v) is 9.92. The van der Waals surface area contributed by atoms with Gasteiger partial charge in [0.15, 0.2) is 15.3 Å². The summed E-state index contributed by atoms with van der Waals surface area (Å²) in [4.78, 5) is 13.4. The minimum atomic E-state index is -3.34. The largest absolute Gasteiger partial charge is 0.322 e. The van der Waals surface area contributed by atoms with Gasteiger partial charge in [-0.15, -0.1) is 0 Å². The van der Waals surface area contributed by atoms with Crippen molar-refractivity contribution in [3.63, 3.8) is 0 Å². The van der Waals surface area contributed by atoms with Gasteiger partial charge < -0.3 is 10.2 Å². The van der Waals surface area contributed by atoms with E-state index < -0.39 is 25.2 Å². The molecule has 5 nitrogen and oxygen atoms in total. The summed E-state index contributed by atoms with van der Waals surface area (Å²) in [6, 6.07) is 2.37. The zero-order valence-electron chi connectivity index (χ0n) is 12.8. The molecule has 0 aromatic heterocycles. The summed E-state index contributed by atoms with van der Waals surface area (Å²) in [5, 5.41) is 2.64. The van der Waals surface area contributed by atoms with E-state index >= 15 is 0 Å². The first-order valence-electron chi connectivity index (χ1n) is 6.31. The first-order valence-corrected chi connectivity index (χ1v) is 9.77. The fourth-order valence-electron chi connectivity index (χ4n) is 1.85. The molecule has 1 aromatic rings. The normalized spacial score (nSPS) is 13.6. The van der Waals surface area contributed by atoms with E-state index in [1.807, 2.05) is 0 Å². The van der Waals surface area contributed by atoms with Crippen LogP contribution < -0.4 is 5.32 Å². The molecule has 23 heavy (non-hydrogen) atoms. The molecule has 1 N–H and O–H groups in total. The van der Waals surface area contributed by atoms with E-state index in [9.17, 15) is 13.2 Å². The predicted octanol–water partition coefficient (Wildman–Crippen LogP) is 4.11. The third kappa shape index (κ3) is 5.29. The van der Waals surface area contributed by atoms with Crippen molar-refractivity contribution in [2.45, 2.75) is 28.0 Å². The number of hydrogen-bond donors (Lipinski definition) is 1. The molecule has 0 aliphatic carbocycles. The van der Waals surface area contributed by atoms with E-state index in [1.165, 1.54) is 19.2 Å². The number of carbonyl (C=O) groups is 1. The lowest BCUT2D eigenvalue weighted by Gasteiger charge is -2.28. The van der Waals surface area contributed by atoms with Gasteiger partial charge in [-0.3, -0.25) is 0 Å². The van der Waals surface area contributed by atoms with Gasteiger partial charge in [-0.25, -0.2) is 13.2 Å². The number of hydrogen-bond acceptors (Lipinski definition) is 3. The zero-order valence-corrected chi connectivity index (χ0v) is 16.7. The lowest BCUT2D eigenvalue weighted by molar-refractivity contribution is 0.218. The Labute approximate surface area is 155 Å². The van der Waals surface area contributed by atoms with Crippen LogP contribution in [0.5, 0.6) is 0 Å². The Hall–Kier alpha value is -0.400. The summed E-state index contributed by atoms with van der Waals surface area (Å²) >= 11 is 22.9. The lowest BCUT2D eigenvalue weighted by Crippen LogP contribution is -2.43. The van der Waals surface area contributed by atoms with Gasteiger partial charge in [-0.05, 0) is 37.1 Å². The molecule has 10 heteroatoms. The Balaban J connectivity index is 3.09. The van der Waals surface area contributed by atoms with Crippen LogP contribution in [0.1, 0.15) is 11.1 Å². The number of aryl methyl sites for hydroxylation is 2. The maximum atomic E-state index is 12.2. The molecule has 1 unspecified atom stereocenters. The number of urea groups is 1. The number of carbonyl (C=O) groups excluding carboxylic acids is 1. The van der Waals surface area contributed by atoms with Crippen LogP contribution in [0.3, 0.4) is 0 Å². The minimum Gasteiger partial charge on any atom is -0.307 e. The van der Waals surface area contributed by atoms with E-state index in [0.29, 0.717) is 16.8 Å². The van der Waals surface area contributed by atoms with Gasteiger partial charge in [0.1, 0.15) is 0 Å². The van der Waals surface area contributed by atoms with Gasteiger partial charge in [0.25, 0.3) is 0 Å². The number of sulfone groups is 1. The molecule has 1 rings (SSSR count). The third-order valence-corrected chi connectivity index (χ3v) is 5.76. The molecule has 0 heterocycles. The van der Waals surface area contributed by atoms with E-state index in [-0.39, 0.29) is 4.90 Å². The number of halogens is 4. The standard InChI is InChI=1S/C13H16Cl4N2O3S/c1-7-5-9(23(4,21)22)6-8(2)10(7)18-12(20)19(3)11(14)13(15,16)17/h5-6,11H,1-4H3,(H,18,20). The molecule has 0 aliphatic heterocycles. The number of nitrogens with zero attached hydrogens (tertiary/aromatic N) is 1. The van der Waals surface area contributed by atoms with Crippen LogP contribution in [0.15, 0.2) is 17.0 Å². The average Bonchev–Trinajstić information content (AvgIpc) is 2.38. The Morgan fingerprint density at radius 3 is 2.00 bits per heavy atom. The Morgan fingerprint density at radius 1 is 1.22 bits per heavy atom. The first-order chi connectivity index (χ1) is 10.2. The molecule has 130 valence electrons. The van der Waals surface area contributed by atoms with Crippen molar-refractivity contribution in [1.29, 1.82) is 0 Å². The molecule has 2 amide bonds. The van der Waals surface area contributed by atoms with Crippen LogP contribution in [-0.4, -0.2) is 41.9 Å². The van der Waals surface area contributed by atoms with Crippen molar-refractivity contribution >= 4 is 68.0 Å². The number of nitrogens with one attached hydrogen (secondary N) is 1. The quantitative estimate of drug-likeness (QED) is 0.589. The number of rotatable bonds is 3. The number of benzene rings is 1. The van der Waals surface area contributed by atoms with Gasteiger partial charge in [-0.2, -0.15) is 0 Å². The summed E-state index contributed by atoms with van der Waals surface area (Å²) in [5.74, 6) is 0. The molecule has 0 aliphatic rings. The van der Waals surface area contributed by atoms with Crippen molar-refractivity contribution in [1.82, 2.24) is 4.90 Å². The highest BCUT2D eigenvalue weighted by molar-refractivity contribution is 7.90. The SMILES string of the molecule is Cc1cc(S(C)(=O)=O)cc(C)c1NC(=O)N(C)C(Cl)C(Cl)(Cl)Cl. The average molecular weight is 422 g/mol. The summed E-state index contributed by atoms with van der Waals surface area (Å²) in [7, 11) is -1.96. The molecule has 0 fully saturated rings. The maximum Gasteiger partial charge on any atom is 0.322 e. The van der Waals surface area contributed by atoms with Gasteiger partial charge in [0.2, 0.25) is 3.79 Å². The second kappa shape index (κ2) is 7.23. The fraction of sp³-hybridized carbons (Fsp3) is 0.462. The lowest BCUT2D eigenvalue weighted by atomic mass is 10.1. The fourth-order valence-corrected chi connectivity index (χ4v) is 3.16. The number of alkyl halides is 4. The van der Waals surface area contributed by atoms with E-state index in [2.05, 4.69) is 5.32 Å². The Morgan fingerprint density at radius 2 is 1.65 bits per heavy atom. The van der Waals surface area contributed by atoms with Crippen LogP contribution >= 0.6 is 46.4 Å². The molecule has 0 bridgehead atoms. The molecule has 0 saturated carbocycles. The maximum absolute atomic E-state index is 12.2. The minimum absolute atomic E-state index is 0.176. The van der Waals surface area contributed by atoms with Crippen LogP contribution in [0, 0.1) is 13.8 Å². The summed E-state index contributed by atoms with van der Waals surface area (Å²) in [6.07, 6.45) is 1.12. The van der Waals surface area contributed by atoms with Crippen LogP contribution in [0.25, 0.3) is 0 Å². The van der Waals surface area contributed by atoms with Gasteiger partial charge in [-0.1, -0.05) is 46.4 Å². The van der Waals surface area contributed by atoms with Crippen LogP contribution in [0.4, 0.5) is 10.5 Å². The summed E-state index contributed by atoms with van der Waals surface area (Å²) in [5.41, 5.74) is 0.477. The van der Waals surface area contributed by atoms with E-state index in [0.717, 1.165) is 11.2 Å². The van der Waals surface area contributed by atoms with Crippen LogP contribution in [-0.2, 0) is 9.84 Å². The van der Waals surface area contributed by atoms with Crippen molar-refractivity contribution in [2.24, 2.45) is 0 Å². The summed E-state index contributed by atoms with van der Waals surface area (Å²) in [6.45, 7) is 3.37. The Kier molecular flexibility index (Phi) is 6.49. The second-order valence-electron chi connectivity index (χ2n) is 5.12. The number of amides is 2. The highest BCUT2D eigenvalue weighted by Crippen LogP contribution is 2.35. The molecule has 1 atom stereocenters. The molecule has 0 saturated heterocycles. The van der Waals surface area contributed by atoms with Crippen LogP contribution in [0.2, 0.25) is 0 Å². The van der Waals surface area contributed by atoms with Crippen molar-refractivity contribution in [3.8, 4) is 0 Å². The van der Waals surface area contributed by atoms with Crippen molar-refractivity contribution in [2.75, 3.05) is 18.6 Å². The van der Waals surface area contributed by atoms with E-state index in [1.54, 1.807) is 13.8 Å².